The van der Waals surface area contributed by atoms with Crippen LogP contribution >= 0.6 is 0 Å². The summed E-state index contributed by atoms with van der Waals surface area (Å²) in [4.78, 5) is 12.6. The number of rotatable bonds is 6. The van der Waals surface area contributed by atoms with Crippen LogP contribution in [0.5, 0.6) is 0 Å². The van der Waals surface area contributed by atoms with Crippen LogP contribution in [0.4, 0.5) is 17.8 Å². The lowest BCUT2D eigenvalue weighted by Crippen LogP contribution is -2.11. The quantitative estimate of drug-likeness (QED) is 0.648. The number of hydrogen-bond donors (Lipinski definition) is 3. The van der Waals surface area contributed by atoms with E-state index in [9.17, 15) is 0 Å². The van der Waals surface area contributed by atoms with Crippen molar-refractivity contribution < 1.29 is 5.48 Å². The Morgan fingerprint density at radius 3 is 1.12 bits per heavy atom. The molecular weight excluding hydrogens is 208 g/mol. The van der Waals surface area contributed by atoms with Gasteiger partial charge in [0.1, 0.15) is 0 Å². The zero-order chi connectivity index (χ0) is 11.1. The fourth-order valence-electron chi connectivity index (χ4n) is 1.09. The molecule has 0 atom stereocenters. The summed E-state index contributed by atoms with van der Waals surface area (Å²) in [5, 5.41) is 9.19. The molecule has 0 radical (unpaired) electrons. The first kappa shape index (κ1) is 14.4. The smallest absolute Gasteiger partial charge is 0.229 e. The van der Waals surface area contributed by atoms with E-state index < -0.39 is 0 Å². The highest BCUT2D eigenvalue weighted by Crippen LogP contribution is 2.08. The molecule has 0 amide bonds. The summed E-state index contributed by atoms with van der Waals surface area (Å²) < 4.78 is 0. The second-order valence-corrected chi connectivity index (χ2v) is 2.90. The minimum atomic E-state index is 0. The van der Waals surface area contributed by atoms with Crippen molar-refractivity contribution >= 4 is 17.8 Å². The van der Waals surface area contributed by atoms with Crippen LogP contribution in [0.1, 0.15) is 20.8 Å². The van der Waals surface area contributed by atoms with Crippen LogP contribution in [0.2, 0.25) is 0 Å². The van der Waals surface area contributed by atoms with Crippen LogP contribution in [-0.4, -0.2) is 40.1 Å². The molecule has 0 saturated heterocycles. The predicted octanol–water partition coefficient (Wildman–Crippen LogP) is 0.342. The zero-order valence-electron chi connectivity index (χ0n) is 9.96. The van der Waals surface area contributed by atoms with Crippen molar-refractivity contribution in [2.45, 2.75) is 20.8 Å². The third-order valence-electron chi connectivity index (χ3n) is 1.64. The number of hydrogen-bond acceptors (Lipinski definition) is 6. The topological polar surface area (TPSA) is 106 Å². The normalized spacial score (nSPS) is 9.19. The molecule has 5 N–H and O–H groups in total. The Kier molecular flexibility index (Phi) is 6.86. The first-order chi connectivity index (χ1) is 7.30. The van der Waals surface area contributed by atoms with E-state index in [1.165, 1.54) is 0 Å². The summed E-state index contributed by atoms with van der Waals surface area (Å²) in [5.74, 6) is 1.79. The summed E-state index contributed by atoms with van der Waals surface area (Å²) in [6.07, 6.45) is 0. The second kappa shape index (κ2) is 7.63. The van der Waals surface area contributed by atoms with Crippen molar-refractivity contribution in [1.82, 2.24) is 15.0 Å². The molecule has 0 unspecified atom stereocenters. The molecule has 0 aliphatic rings. The molecule has 1 heterocycles. The minimum Gasteiger partial charge on any atom is -0.412 e. The van der Waals surface area contributed by atoms with Gasteiger partial charge in [-0.15, -0.1) is 0 Å². The number of aromatic nitrogens is 3. The average molecular weight is 228 g/mol. The monoisotopic (exact) mass is 228 g/mol. The number of anilines is 3. The Balaban J connectivity index is 0.00000225. The maximum Gasteiger partial charge on any atom is 0.229 e. The van der Waals surface area contributed by atoms with Gasteiger partial charge in [-0.3, -0.25) is 0 Å². The van der Waals surface area contributed by atoms with Gasteiger partial charge in [-0.1, -0.05) is 0 Å². The molecule has 0 aliphatic carbocycles. The molecule has 1 aromatic rings. The third kappa shape index (κ3) is 4.26. The highest BCUT2D eigenvalue weighted by molar-refractivity contribution is 5.41. The molecule has 0 spiro atoms. The van der Waals surface area contributed by atoms with Gasteiger partial charge in [0.25, 0.3) is 0 Å². The Labute approximate surface area is 95.4 Å². The largest absolute Gasteiger partial charge is 0.412 e. The van der Waals surface area contributed by atoms with Crippen molar-refractivity contribution in [3.05, 3.63) is 0 Å². The predicted molar refractivity (Wildman–Crippen MR) is 65.9 cm³/mol. The fraction of sp³-hybridized carbons (Fsp3) is 0.667. The molecular formula is C9H20N6O. The average Bonchev–Trinajstić information content (AvgIpc) is 2.19. The van der Waals surface area contributed by atoms with Crippen LogP contribution in [0.3, 0.4) is 0 Å². The molecule has 7 heteroatoms. The van der Waals surface area contributed by atoms with E-state index in [2.05, 4.69) is 30.9 Å². The van der Waals surface area contributed by atoms with Crippen molar-refractivity contribution in [2.24, 2.45) is 0 Å². The van der Waals surface area contributed by atoms with Gasteiger partial charge in [0.2, 0.25) is 17.8 Å². The lowest BCUT2D eigenvalue weighted by Gasteiger charge is -2.08. The molecule has 0 bridgehead atoms. The van der Waals surface area contributed by atoms with Gasteiger partial charge in [-0.05, 0) is 20.8 Å². The first-order valence-corrected chi connectivity index (χ1v) is 5.27. The zero-order valence-corrected chi connectivity index (χ0v) is 9.96. The van der Waals surface area contributed by atoms with E-state index in [1.54, 1.807) is 0 Å². The molecule has 92 valence electrons. The van der Waals surface area contributed by atoms with Crippen molar-refractivity contribution in [1.29, 1.82) is 0 Å². The summed E-state index contributed by atoms with van der Waals surface area (Å²) >= 11 is 0. The van der Waals surface area contributed by atoms with E-state index in [4.69, 9.17) is 0 Å². The third-order valence-corrected chi connectivity index (χ3v) is 1.64. The number of nitrogens with zero attached hydrogens (tertiary/aromatic N) is 3. The van der Waals surface area contributed by atoms with E-state index in [1.807, 2.05) is 20.8 Å². The van der Waals surface area contributed by atoms with Crippen LogP contribution in [0, 0.1) is 0 Å². The Hall–Kier alpha value is -1.63. The summed E-state index contributed by atoms with van der Waals surface area (Å²) in [5.41, 5.74) is 0. The Morgan fingerprint density at radius 2 is 0.938 bits per heavy atom. The van der Waals surface area contributed by atoms with Gasteiger partial charge in [0, 0.05) is 19.6 Å². The van der Waals surface area contributed by atoms with Crippen LogP contribution < -0.4 is 16.0 Å². The SMILES string of the molecule is CCNc1nc(NCC)nc(NCC)n1.O. The number of nitrogens with one attached hydrogen (secondary N) is 3. The fourth-order valence-corrected chi connectivity index (χ4v) is 1.09. The van der Waals surface area contributed by atoms with Crippen molar-refractivity contribution in [3.63, 3.8) is 0 Å². The Bertz CT molecular complexity index is 246. The molecule has 0 fully saturated rings. The lowest BCUT2D eigenvalue weighted by molar-refractivity contribution is 0.824. The molecule has 1 rings (SSSR count). The maximum absolute atomic E-state index is 4.21. The van der Waals surface area contributed by atoms with E-state index >= 15 is 0 Å². The van der Waals surface area contributed by atoms with Crippen molar-refractivity contribution in [2.75, 3.05) is 35.6 Å². The standard InChI is InChI=1S/C9H18N6.H2O/c1-4-10-7-13-8(11-5-2)15-9(14-7)12-6-3;/h4-6H2,1-3H3,(H3,10,11,12,13,14,15);1H2. The van der Waals surface area contributed by atoms with Crippen molar-refractivity contribution in [3.8, 4) is 0 Å². The molecule has 0 aliphatic heterocycles. The van der Waals surface area contributed by atoms with Crippen LogP contribution in [0.15, 0.2) is 0 Å². The van der Waals surface area contributed by atoms with E-state index in [0.717, 1.165) is 19.6 Å². The highest BCUT2D eigenvalue weighted by atomic mass is 16.0. The van der Waals surface area contributed by atoms with Gasteiger partial charge < -0.3 is 21.4 Å². The van der Waals surface area contributed by atoms with Crippen LogP contribution in [0.25, 0.3) is 0 Å². The molecule has 0 aromatic carbocycles. The van der Waals surface area contributed by atoms with E-state index in [-0.39, 0.29) is 5.48 Å². The van der Waals surface area contributed by atoms with Gasteiger partial charge in [0.05, 0.1) is 0 Å². The molecule has 0 saturated carbocycles. The molecule has 16 heavy (non-hydrogen) atoms. The van der Waals surface area contributed by atoms with Gasteiger partial charge in [0.15, 0.2) is 0 Å². The summed E-state index contributed by atoms with van der Waals surface area (Å²) in [6, 6.07) is 0. The molecule has 1 aromatic heterocycles. The summed E-state index contributed by atoms with van der Waals surface area (Å²) in [6.45, 7) is 8.39. The van der Waals surface area contributed by atoms with Gasteiger partial charge in [-0.2, -0.15) is 15.0 Å². The Morgan fingerprint density at radius 1 is 0.688 bits per heavy atom. The lowest BCUT2D eigenvalue weighted by atomic mass is 10.7. The second-order valence-electron chi connectivity index (χ2n) is 2.90. The summed E-state index contributed by atoms with van der Waals surface area (Å²) in [7, 11) is 0. The minimum absolute atomic E-state index is 0. The van der Waals surface area contributed by atoms with Gasteiger partial charge >= 0.3 is 0 Å². The van der Waals surface area contributed by atoms with E-state index in [0.29, 0.717) is 17.8 Å². The van der Waals surface area contributed by atoms with Gasteiger partial charge in [-0.25, -0.2) is 0 Å². The maximum atomic E-state index is 4.21. The van der Waals surface area contributed by atoms with Crippen LogP contribution in [-0.2, 0) is 0 Å². The molecule has 7 nitrogen and oxygen atoms in total. The first-order valence-electron chi connectivity index (χ1n) is 5.27. The highest BCUT2D eigenvalue weighted by Gasteiger charge is 2.03.